The minimum absolute atomic E-state index is 0.0430. The Morgan fingerprint density at radius 2 is 1.48 bits per heavy atom. The summed E-state index contributed by atoms with van der Waals surface area (Å²) in [5.41, 5.74) is -0.336. The van der Waals surface area contributed by atoms with Crippen molar-refractivity contribution in [3.8, 4) is 0 Å². The van der Waals surface area contributed by atoms with E-state index in [1.54, 1.807) is 21.0 Å². The molecule has 1 unspecified atom stereocenters. The van der Waals surface area contributed by atoms with Crippen molar-refractivity contribution in [2.45, 2.75) is 85.4 Å². The standard InChI is InChI=1S/C34H50FN5O5S/c1-22(2)27(20-23(3)30(41)39-46(44,45)37-21-24-16-14-15-19-26(24)35)40(10)32(43)29(33(4,5)6)38-31(42)28(36-9)34(7,8)25-17-12-11-13-18-25/h11-19,21-23,27-29,36H,20H2,1-10H3,(H,38,42)(H,39,41)/t23?,27-,28-,29-/m1/s1. The van der Waals surface area contributed by atoms with Crippen molar-refractivity contribution in [1.29, 1.82) is 0 Å². The van der Waals surface area contributed by atoms with E-state index in [0.717, 1.165) is 11.8 Å². The first-order valence-electron chi connectivity index (χ1n) is 15.4. The molecule has 0 aliphatic heterocycles. The Morgan fingerprint density at radius 3 is 2.00 bits per heavy atom. The van der Waals surface area contributed by atoms with Gasteiger partial charge in [0.05, 0.1) is 12.3 Å². The lowest BCUT2D eigenvalue weighted by molar-refractivity contribution is -0.142. The molecule has 0 radical (unpaired) electrons. The van der Waals surface area contributed by atoms with E-state index in [2.05, 4.69) is 15.0 Å². The van der Waals surface area contributed by atoms with Crippen molar-refractivity contribution in [2.24, 2.45) is 21.6 Å². The highest BCUT2D eigenvalue weighted by Gasteiger charge is 2.42. The van der Waals surface area contributed by atoms with Crippen LogP contribution in [0.1, 0.15) is 72.9 Å². The summed E-state index contributed by atoms with van der Waals surface area (Å²) >= 11 is 0. The van der Waals surface area contributed by atoms with Crippen molar-refractivity contribution in [3.05, 3.63) is 71.5 Å². The lowest BCUT2D eigenvalue weighted by Gasteiger charge is -2.40. The highest BCUT2D eigenvalue weighted by atomic mass is 32.2. The van der Waals surface area contributed by atoms with E-state index >= 15 is 0 Å². The Bertz CT molecular complexity index is 1490. The molecule has 0 heterocycles. The fourth-order valence-corrected chi connectivity index (χ4v) is 6.16. The number of hydrogen-bond donors (Lipinski definition) is 3. The molecule has 2 aromatic rings. The lowest BCUT2D eigenvalue weighted by Crippen LogP contribution is -2.61. The van der Waals surface area contributed by atoms with Crippen LogP contribution in [0.3, 0.4) is 0 Å². The maximum absolute atomic E-state index is 14.1. The second kappa shape index (κ2) is 15.8. The molecule has 0 saturated heterocycles. The smallest absolute Gasteiger partial charge is 0.342 e. The number of hydrogen-bond acceptors (Lipinski definition) is 6. The van der Waals surface area contributed by atoms with Gasteiger partial charge in [0, 0.05) is 30.0 Å². The summed E-state index contributed by atoms with van der Waals surface area (Å²) < 4.78 is 44.1. The summed E-state index contributed by atoms with van der Waals surface area (Å²) in [7, 11) is -1.12. The first kappa shape index (κ1) is 38.5. The van der Waals surface area contributed by atoms with Crippen molar-refractivity contribution in [3.63, 3.8) is 0 Å². The molecule has 12 heteroatoms. The Labute approximate surface area is 273 Å². The molecular weight excluding hydrogens is 609 g/mol. The Balaban J connectivity index is 2.22. The topological polar surface area (TPSA) is 137 Å². The van der Waals surface area contributed by atoms with Crippen LogP contribution < -0.4 is 15.4 Å². The SMILES string of the molecule is CN[C@H](C(=O)N[C@H](C(=O)N(C)[C@H](CC(C)C(=O)NS(=O)(=O)N=Cc1ccccc1F)C(C)C)C(C)(C)C)C(C)(C)c1ccccc1. The number of amides is 3. The Morgan fingerprint density at radius 1 is 0.913 bits per heavy atom. The molecule has 2 rings (SSSR count). The number of nitrogens with zero attached hydrogens (tertiary/aromatic N) is 2. The van der Waals surface area contributed by atoms with Gasteiger partial charge in [-0.15, -0.1) is 0 Å². The minimum Gasteiger partial charge on any atom is -0.342 e. The zero-order valence-electron chi connectivity index (χ0n) is 28.6. The highest BCUT2D eigenvalue weighted by molar-refractivity contribution is 7.88. The van der Waals surface area contributed by atoms with Crippen molar-refractivity contribution >= 4 is 34.1 Å². The van der Waals surface area contributed by atoms with Gasteiger partial charge in [0.2, 0.25) is 17.7 Å². The molecule has 10 nitrogen and oxygen atoms in total. The number of carbonyl (C=O) groups is 3. The monoisotopic (exact) mass is 659 g/mol. The summed E-state index contributed by atoms with van der Waals surface area (Å²) in [6.45, 7) is 14.9. The Hall–Kier alpha value is -3.64. The molecule has 3 amide bonds. The van der Waals surface area contributed by atoms with Gasteiger partial charge in [0.1, 0.15) is 11.9 Å². The predicted molar refractivity (Wildman–Crippen MR) is 180 cm³/mol. The van der Waals surface area contributed by atoms with E-state index < -0.39 is 56.8 Å². The van der Waals surface area contributed by atoms with E-state index in [1.165, 1.54) is 29.2 Å². The first-order valence-corrected chi connectivity index (χ1v) is 16.8. The van der Waals surface area contributed by atoms with Gasteiger partial charge in [0.25, 0.3) is 0 Å². The van der Waals surface area contributed by atoms with E-state index in [1.807, 2.05) is 83.5 Å². The third-order valence-corrected chi connectivity index (χ3v) is 9.15. The number of nitrogens with one attached hydrogen (secondary N) is 3. The zero-order valence-corrected chi connectivity index (χ0v) is 29.4. The van der Waals surface area contributed by atoms with Crippen molar-refractivity contribution in [2.75, 3.05) is 14.1 Å². The number of likely N-dealkylation sites (N-methyl/N-ethyl adjacent to an activating group) is 2. The largest absolute Gasteiger partial charge is 0.344 e. The zero-order chi connectivity index (χ0) is 35.0. The van der Waals surface area contributed by atoms with Crippen LogP contribution in [-0.4, -0.2) is 69.5 Å². The van der Waals surface area contributed by atoms with E-state index in [0.29, 0.717) is 0 Å². The normalized spacial score (nSPS) is 15.2. The molecule has 0 aliphatic carbocycles. The van der Waals surface area contributed by atoms with Gasteiger partial charge in [0.15, 0.2) is 0 Å². The summed E-state index contributed by atoms with van der Waals surface area (Å²) in [6.07, 6.45) is 0.975. The summed E-state index contributed by atoms with van der Waals surface area (Å²) in [4.78, 5) is 42.3. The van der Waals surface area contributed by atoms with Gasteiger partial charge in [-0.2, -0.15) is 12.8 Å². The van der Waals surface area contributed by atoms with Gasteiger partial charge >= 0.3 is 10.2 Å². The molecule has 0 aromatic heterocycles. The van der Waals surface area contributed by atoms with Crippen molar-refractivity contribution < 1.29 is 27.2 Å². The molecule has 0 aliphatic rings. The van der Waals surface area contributed by atoms with Gasteiger partial charge in [-0.1, -0.05) is 104 Å². The number of halogens is 1. The number of carbonyl (C=O) groups excluding carboxylic acids is 3. The number of rotatable bonds is 14. The minimum atomic E-state index is -4.45. The molecular formula is C34H50FN5O5S. The van der Waals surface area contributed by atoms with Crippen LogP contribution in [0, 0.1) is 23.1 Å². The van der Waals surface area contributed by atoms with E-state index in [9.17, 15) is 27.2 Å². The summed E-state index contributed by atoms with van der Waals surface area (Å²) in [5, 5.41) is 6.13. The fraction of sp³-hybridized carbons (Fsp3) is 0.529. The van der Waals surface area contributed by atoms with Gasteiger partial charge in [-0.25, -0.2) is 9.11 Å². The third-order valence-electron chi connectivity index (χ3n) is 8.31. The lowest BCUT2D eigenvalue weighted by atomic mass is 9.76. The van der Waals surface area contributed by atoms with Gasteiger partial charge in [-0.05, 0) is 36.4 Å². The van der Waals surface area contributed by atoms with E-state index in [-0.39, 0.29) is 29.7 Å². The molecule has 254 valence electrons. The molecule has 0 spiro atoms. The first-order chi connectivity index (χ1) is 21.2. The van der Waals surface area contributed by atoms with Crippen LogP contribution in [-0.2, 0) is 30.0 Å². The summed E-state index contributed by atoms with van der Waals surface area (Å²) in [5.74, 6) is -3.06. The molecule has 46 heavy (non-hydrogen) atoms. The number of benzene rings is 2. The second-order valence-electron chi connectivity index (χ2n) is 13.7. The average Bonchev–Trinajstić information content (AvgIpc) is 2.97. The van der Waals surface area contributed by atoms with Crippen LogP contribution in [0.25, 0.3) is 0 Å². The molecule has 0 bridgehead atoms. The van der Waals surface area contributed by atoms with Gasteiger partial charge in [-0.3, -0.25) is 14.4 Å². The third kappa shape index (κ3) is 10.2. The maximum atomic E-state index is 14.1. The van der Waals surface area contributed by atoms with Crippen molar-refractivity contribution in [1.82, 2.24) is 20.3 Å². The molecule has 3 N–H and O–H groups in total. The predicted octanol–water partition coefficient (Wildman–Crippen LogP) is 4.21. The second-order valence-corrected chi connectivity index (χ2v) is 15.1. The molecule has 2 aromatic carbocycles. The van der Waals surface area contributed by atoms with E-state index in [4.69, 9.17) is 0 Å². The van der Waals surface area contributed by atoms with Crippen LogP contribution in [0.15, 0.2) is 59.0 Å². The van der Waals surface area contributed by atoms with Crippen LogP contribution in [0.5, 0.6) is 0 Å². The quantitative estimate of drug-likeness (QED) is 0.260. The average molecular weight is 660 g/mol. The van der Waals surface area contributed by atoms with Crippen LogP contribution in [0.4, 0.5) is 4.39 Å². The molecule has 4 atom stereocenters. The van der Waals surface area contributed by atoms with Crippen LogP contribution >= 0.6 is 0 Å². The van der Waals surface area contributed by atoms with Gasteiger partial charge < -0.3 is 15.5 Å². The Kier molecular flexibility index (Phi) is 13.2. The highest BCUT2D eigenvalue weighted by Crippen LogP contribution is 2.29. The molecule has 0 saturated carbocycles. The van der Waals surface area contributed by atoms with Crippen LogP contribution in [0.2, 0.25) is 0 Å². The summed E-state index contributed by atoms with van der Waals surface area (Å²) in [6, 6.07) is 13.2. The maximum Gasteiger partial charge on any atom is 0.344 e. The fourth-order valence-electron chi connectivity index (χ4n) is 5.40. The molecule has 0 fully saturated rings.